The van der Waals surface area contributed by atoms with E-state index in [1.165, 1.54) is 0 Å². The van der Waals surface area contributed by atoms with Gasteiger partial charge >= 0.3 is 0 Å². The topological polar surface area (TPSA) is 17.1 Å². The molecular formula is C10H14Cl4O. The molecule has 0 aromatic carbocycles. The van der Waals surface area contributed by atoms with Gasteiger partial charge in [-0.1, -0.05) is 6.42 Å². The van der Waals surface area contributed by atoms with Crippen molar-refractivity contribution in [3.05, 3.63) is 0 Å². The Kier molecular flexibility index (Phi) is 5.04. The summed E-state index contributed by atoms with van der Waals surface area (Å²) in [6.45, 7) is 0. The van der Waals surface area contributed by atoms with E-state index in [9.17, 15) is 4.79 Å². The number of hydrogen-bond donors (Lipinski definition) is 0. The summed E-state index contributed by atoms with van der Waals surface area (Å²) >= 11 is 23.5. The van der Waals surface area contributed by atoms with Crippen LogP contribution in [0.25, 0.3) is 0 Å². The summed E-state index contributed by atoms with van der Waals surface area (Å²) < 4.78 is 0. The molecule has 1 rings (SSSR count). The van der Waals surface area contributed by atoms with E-state index < -0.39 is 10.8 Å². The van der Waals surface area contributed by atoms with E-state index in [0.29, 0.717) is 0 Å². The fraction of sp³-hybridized carbons (Fsp3) is 0.900. The summed E-state index contributed by atoms with van der Waals surface area (Å²) in [5, 5.41) is 0. The molecule has 88 valence electrons. The number of hydrogen-bond acceptors (Lipinski definition) is 1. The quantitative estimate of drug-likeness (QED) is 0.723. The molecule has 0 N–H and O–H groups in total. The Bertz CT molecular complexity index is 212. The summed E-state index contributed by atoms with van der Waals surface area (Å²) in [4.78, 5) is 12.4. The lowest BCUT2D eigenvalue weighted by atomic mass is 9.64. The molecule has 1 fully saturated rings. The molecular weight excluding hydrogens is 278 g/mol. The highest BCUT2D eigenvalue weighted by atomic mass is 35.5. The first-order valence-corrected chi connectivity index (χ1v) is 7.03. The van der Waals surface area contributed by atoms with Gasteiger partial charge in [-0.2, -0.15) is 0 Å². The first-order valence-electron chi connectivity index (χ1n) is 4.89. The van der Waals surface area contributed by atoms with E-state index in [1.807, 2.05) is 0 Å². The minimum atomic E-state index is -0.620. The van der Waals surface area contributed by atoms with Crippen LogP contribution in [0.5, 0.6) is 0 Å². The lowest BCUT2D eigenvalue weighted by Gasteiger charge is -2.43. The molecule has 0 aromatic heterocycles. The van der Waals surface area contributed by atoms with E-state index in [2.05, 4.69) is 0 Å². The van der Waals surface area contributed by atoms with Crippen LogP contribution in [-0.4, -0.2) is 29.3 Å². The van der Waals surface area contributed by atoms with Crippen LogP contribution in [0.1, 0.15) is 19.3 Å². The van der Waals surface area contributed by atoms with Crippen molar-refractivity contribution in [1.82, 2.24) is 0 Å². The molecule has 0 unspecified atom stereocenters. The molecule has 0 heterocycles. The van der Waals surface area contributed by atoms with Gasteiger partial charge < -0.3 is 0 Å². The Hall–Kier alpha value is 0.830. The van der Waals surface area contributed by atoms with Gasteiger partial charge in [-0.25, -0.2) is 0 Å². The van der Waals surface area contributed by atoms with E-state index in [4.69, 9.17) is 46.4 Å². The van der Waals surface area contributed by atoms with Crippen LogP contribution >= 0.6 is 46.4 Å². The molecule has 15 heavy (non-hydrogen) atoms. The average molecular weight is 292 g/mol. The van der Waals surface area contributed by atoms with Gasteiger partial charge in [0.1, 0.15) is 5.78 Å². The molecule has 0 atom stereocenters. The predicted octanol–water partition coefficient (Wildman–Crippen LogP) is 3.67. The number of alkyl halides is 4. The Morgan fingerprint density at radius 3 is 1.47 bits per heavy atom. The second-order valence-electron chi connectivity index (χ2n) is 4.28. The van der Waals surface area contributed by atoms with Gasteiger partial charge in [0.05, 0.1) is 10.8 Å². The van der Waals surface area contributed by atoms with Crippen molar-refractivity contribution >= 4 is 52.2 Å². The van der Waals surface area contributed by atoms with E-state index in [-0.39, 0.29) is 29.3 Å². The molecule has 1 nitrogen and oxygen atoms in total. The van der Waals surface area contributed by atoms with Gasteiger partial charge in [0.25, 0.3) is 0 Å². The molecule has 0 bridgehead atoms. The van der Waals surface area contributed by atoms with Gasteiger partial charge in [0, 0.05) is 23.5 Å². The number of carbonyl (C=O) groups excluding carboxylic acids is 1. The zero-order valence-corrected chi connectivity index (χ0v) is 11.4. The maximum atomic E-state index is 12.4. The summed E-state index contributed by atoms with van der Waals surface area (Å²) in [5.74, 6) is 1.07. The van der Waals surface area contributed by atoms with Crippen molar-refractivity contribution < 1.29 is 4.79 Å². The predicted molar refractivity (Wildman–Crippen MR) is 66.6 cm³/mol. The number of Topliss-reactive ketones (excluding diaryl/α,β-unsaturated/α-hetero) is 1. The normalized spacial score (nSPS) is 24.1. The smallest absolute Gasteiger partial charge is 0.149 e. The maximum Gasteiger partial charge on any atom is 0.149 e. The Morgan fingerprint density at radius 2 is 1.20 bits per heavy atom. The van der Waals surface area contributed by atoms with Crippen molar-refractivity contribution in [2.75, 3.05) is 23.5 Å². The van der Waals surface area contributed by atoms with Crippen molar-refractivity contribution in [3.8, 4) is 0 Å². The van der Waals surface area contributed by atoms with Crippen molar-refractivity contribution in [2.45, 2.75) is 19.3 Å². The number of carbonyl (C=O) groups is 1. The summed E-state index contributed by atoms with van der Waals surface area (Å²) in [7, 11) is 0. The van der Waals surface area contributed by atoms with Crippen LogP contribution in [0, 0.1) is 10.8 Å². The minimum absolute atomic E-state index is 0.0521. The van der Waals surface area contributed by atoms with Gasteiger partial charge in [-0.3, -0.25) is 4.79 Å². The van der Waals surface area contributed by atoms with Crippen LogP contribution in [-0.2, 0) is 4.79 Å². The molecule has 0 spiro atoms. The molecule has 0 radical (unpaired) electrons. The Balaban J connectivity index is 3.01. The van der Waals surface area contributed by atoms with E-state index in [0.717, 1.165) is 19.3 Å². The van der Waals surface area contributed by atoms with Gasteiger partial charge in [0.2, 0.25) is 0 Å². The van der Waals surface area contributed by atoms with Crippen molar-refractivity contribution in [2.24, 2.45) is 10.8 Å². The summed E-state index contributed by atoms with van der Waals surface area (Å²) in [6.07, 6.45) is 2.40. The van der Waals surface area contributed by atoms with Crippen LogP contribution in [0.4, 0.5) is 0 Å². The highest BCUT2D eigenvalue weighted by Gasteiger charge is 2.51. The lowest BCUT2D eigenvalue weighted by Crippen LogP contribution is -2.51. The Morgan fingerprint density at radius 1 is 0.867 bits per heavy atom. The summed E-state index contributed by atoms with van der Waals surface area (Å²) in [5.41, 5.74) is -1.24. The second kappa shape index (κ2) is 5.44. The third kappa shape index (κ3) is 2.26. The summed E-state index contributed by atoms with van der Waals surface area (Å²) in [6, 6.07) is 0. The first-order chi connectivity index (χ1) is 7.10. The SMILES string of the molecule is O=C1C(CCl)(CCl)CCCC1(CCl)CCl. The first kappa shape index (κ1) is 13.9. The molecule has 0 saturated heterocycles. The fourth-order valence-electron chi connectivity index (χ4n) is 2.14. The van der Waals surface area contributed by atoms with Crippen LogP contribution < -0.4 is 0 Å². The largest absolute Gasteiger partial charge is 0.298 e. The van der Waals surface area contributed by atoms with Crippen LogP contribution in [0.15, 0.2) is 0 Å². The van der Waals surface area contributed by atoms with Gasteiger partial charge in [-0.15, -0.1) is 46.4 Å². The standard InChI is InChI=1S/C10H14Cl4O/c11-4-9(5-12)2-1-3-10(6-13,7-14)8(9)15/h1-7H2. The maximum absolute atomic E-state index is 12.4. The van der Waals surface area contributed by atoms with Crippen molar-refractivity contribution in [1.29, 1.82) is 0 Å². The lowest BCUT2D eigenvalue weighted by molar-refractivity contribution is -0.138. The Labute approximate surface area is 110 Å². The molecule has 1 aliphatic carbocycles. The highest BCUT2D eigenvalue weighted by Crippen LogP contribution is 2.46. The van der Waals surface area contributed by atoms with Gasteiger partial charge in [0.15, 0.2) is 0 Å². The average Bonchev–Trinajstić information content (AvgIpc) is 2.30. The molecule has 5 heteroatoms. The zero-order chi connectivity index (χ0) is 11.5. The van der Waals surface area contributed by atoms with Crippen LogP contribution in [0.3, 0.4) is 0 Å². The molecule has 0 aliphatic heterocycles. The number of halogens is 4. The highest BCUT2D eigenvalue weighted by molar-refractivity contribution is 6.27. The van der Waals surface area contributed by atoms with Crippen LogP contribution in [0.2, 0.25) is 0 Å². The zero-order valence-electron chi connectivity index (χ0n) is 8.37. The molecule has 1 saturated carbocycles. The van der Waals surface area contributed by atoms with Crippen molar-refractivity contribution in [3.63, 3.8) is 0 Å². The molecule has 0 amide bonds. The minimum Gasteiger partial charge on any atom is -0.298 e. The van der Waals surface area contributed by atoms with E-state index in [1.54, 1.807) is 0 Å². The molecule has 1 aliphatic rings. The number of ketones is 1. The van der Waals surface area contributed by atoms with E-state index >= 15 is 0 Å². The second-order valence-corrected chi connectivity index (χ2v) is 5.35. The van der Waals surface area contributed by atoms with Gasteiger partial charge in [-0.05, 0) is 12.8 Å². The third-order valence-electron chi connectivity index (χ3n) is 3.30. The molecule has 0 aromatic rings. The fourth-order valence-corrected chi connectivity index (χ4v) is 3.73. The number of rotatable bonds is 4. The third-order valence-corrected chi connectivity index (χ3v) is 5.34. The monoisotopic (exact) mass is 290 g/mol.